The number of benzene rings is 2. The molecule has 0 aliphatic rings. The topological polar surface area (TPSA) is 156 Å². The minimum absolute atomic E-state index is 0.101. The lowest BCUT2D eigenvalue weighted by Crippen LogP contribution is -2.48. The van der Waals surface area contributed by atoms with Crippen molar-refractivity contribution in [1.29, 1.82) is 0 Å². The maximum Gasteiger partial charge on any atom is 0.407 e. The highest BCUT2D eigenvalue weighted by Gasteiger charge is 2.29. The SMILES string of the molecule is CC(C)c1nc(CN(C)C(=O)NC(CC(=O)Nc2ccncc2)C(=O)CC(CCC(Cc2ccccc2)NC(=O)OCc2cncs2)Cc2ccccc2)cs1. The zero-order chi connectivity index (χ0) is 39.7. The Kier molecular flexibility index (Phi) is 16.1. The number of rotatable bonds is 20. The Bertz CT molecular complexity index is 1960. The number of alkyl carbamates (subject to hydrolysis) is 1. The third-order valence-corrected chi connectivity index (χ3v) is 11.1. The summed E-state index contributed by atoms with van der Waals surface area (Å²) in [6.07, 6.45) is 6.42. The fourth-order valence-electron chi connectivity index (χ4n) is 6.18. The lowest BCUT2D eigenvalue weighted by Gasteiger charge is -2.26. The first-order valence-electron chi connectivity index (χ1n) is 18.7. The van der Waals surface area contributed by atoms with Gasteiger partial charge in [0.1, 0.15) is 6.61 Å². The van der Waals surface area contributed by atoms with Crippen molar-refractivity contribution < 1.29 is 23.9 Å². The van der Waals surface area contributed by atoms with Crippen LogP contribution in [0.25, 0.3) is 0 Å². The summed E-state index contributed by atoms with van der Waals surface area (Å²) in [5, 5.41) is 11.6. The number of pyridine rings is 1. The molecule has 3 N–H and O–H groups in total. The van der Waals surface area contributed by atoms with Gasteiger partial charge in [0, 0.05) is 55.1 Å². The first-order valence-corrected chi connectivity index (χ1v) is 20.4. The van der Waals surface area contributed by atoms with Crippen LogP contribution in [-0.4, -0.2) is 62.8 Å². The van der Waals surface area contributed by atoms with Crippen LogP contribution < -0.4 is 16.0 Å². The molecule has 0 aliphatic carbocycles. The highest BCUT2D eigenvalue weighted by molar-refractivity contribution is 7.09. The molecular weight excluding hydrogens is 747 g/mol. The van der Waals surface area contributed by atoms with E-state index < -0.39 is 24.1 Å². The Morgan fingerprint density at radius 2 is 1.52 bits per heavy atom. The number of nitrogens with zero attached hydrogens (tertiary/aromatic N) is 4. The van der Waals surface area contributed by atoms with E-state index in [0.29, 0.717) is 31.4 Å². The van der Waals surface area contributed by atoms with Crippen molar-refractivity contribution in [3.8, 4) is 0 Å². The highest BCUT2D eigenvalue weighted by atomic mass is 32.1. The molecule has 0 spiro atoms. The summed E-state index contributed by atoms with van der Waals surface area (Å²) < 4.78 is 5.52. The molecule has 0 saturated carbocycles. The second-order valence-electron chi connectivity index (χ2n) is 14.1. The third-order valence-electron chi connectivity index (χ3n) is 9.11. The minimum atomic E-state index is -1.09. The number of urea groups is 1. The molecular formula is C42H49N7O5S2. The van der Waals surface area contributed by atoms with E-state index in [-0.39, 0.29) is 49.7 Å². The summed E-state index contributed by atoms with van der Waals surface area (Å²) in [5.41, 5.74) is 5.09. The second-order valence-corrected chi connectivity index (χ2v) is 15.9. The smallest absolute Gasteiger partial charge is 0.407 e. The molecule has 3 heterocycles. The molecule has 14 heteroatoms. The molecule has 0 saturated heterocycles. The predicted octanol–water partition coefficient (Wildman–Crippen LogP) is 7.79. The fourth-order valence-corrected chi connectivity index (χ4v) is 7.51. The monoisotopic (exact) mass is 795 g/mol. The Morgan fingerprint density at radius 1 is 0.821 bits per heavy atom. The van der Waals surface area contributed by atoms with Gasteiger partial charge in [-0.15, -0.1) is 22.7 Å². The molecule has 3 unspecified atom stereocenters. The summed E-state index contributed by atoms with van der Waals surface area (Å²) in [7, 11) is 1.64. The lowest BCUT2D eigenvalue weighted by molar-refractivity contribution is -0.125. The van der Waals surface area contributed by atoms with Gasteiger partial charge in [-0.25, -0.2) is 14.6 Å². The number of amides is 4. The largest absolute Gasteiger partial charge is 0.444 e. The molecule has 0 aliphatic heterocycles. The summed E-state index contributed by atoms with van der Waals surface area (Å²) in [4.78, 5) is 69.2. The van der Waals surface area contributed by atoms with Gasteiger partial charge in [-0.1, -0.05) is 74.5 Å². The second kappa shape index (κ2) is 21.6. The van der Waals surface area contributed by atoms with Gasteiger partial charge in [-0.3, -0.25) is 19.6 Å². The zero-order valence-electron chi connectivity index (χ0n) is 31.9. The first-order chi connectivity index (χ1) is 27.1. The minimum Gasteiger partial charge on any atom is -0.444 e. The first kappa shape index (κ1) is 41.7. The summed E-state index contributed by atoms with van der Waals surface area (Å²) in [6.45, 7) is 4.51. The van der Waals surface area contributed by atoms with Crippen molar-refractivity contribution in [1.82, 2.24) is 30.5 Å². The summed E-state index contributed by atoms with van der Waals surface area (Å²) in [5.74, 6) is -0.569. The molecule has 12 nitrogen and oxygen atoms in total. The molecule has 4 amide bonds. The normalized spacial score (nSPS) is 12.6. The Hall–Kier alpha value is -5.47. The number of hydrogen-bond donors (Lipinski definition) is 3. The quantitative estimate of drug-likeness (QED) is 0.0721. The van der Waals surface area contributed by atoms with Crippen LogP contribution in [-0.2, 0) is 40.3 Å². The number of thiazole rings is 2. The fraction of sp³-hybridized carbons (Fsp3) is 0.357. The number of carbonyl (C=O) groups is 4. The van der Waals surface area contributed by atoms with Crippen LogP contribution in [0.1, 0.15) is 72.2 Å². The van der Waals surface area contributed by atoms with Crippen LogP contribution in [0, 0.1) is 5.92 Å². The molecule has 5 aromatic rings. The van der Waals surface area contributed by atoms with Crippen molar-refractivity contribution in [2.75, 3.05) is 12.4 Å². The average molecular weight is 796 g/mol. The molecule has 0 radical (unpaired) electrons. The summed E-state index contributed by atoms with van der Waals surface area (Å²) in [6, 6.07) is 21.3. The van der Waals surface area contributed by atoms with E-state index in [2.05, 4.69) is 44.7 Å². The van der Waals surface area contributed by atoms with Gasteiger partial charge in [0.25, 0.3) is 0 Å². The van der Waals surface area contributed by atoms with Crippen LogP contribution in [0.15, 0.2) is 102 Å². The Morgan fingerprint density at radius 3 is 2.16 bits per heavy atom. The van der Waals surface area contributed by atoms with E-state index in [0.717, 1.165) is 26.7 Å². The van der Waals surface area contributed by atoms with Crippen molar-refractivity contribution in [3.05, 3.63) is 129 Å². The maximum absolute atomic E-state index is 14.3. The number of Topliss-reactive ketones (excluding diaryl/α,β-unsaturated/α-hetero) is 1. The van der Waals surface area contributed by atoms with Gasteiger partial charge in [0.15, 0.2) is 5.78 Å². The molecule has 2 aromatic carbocycles. The number of carbonyl (C=O) groups excluding carboxylic acids is 4. The number of ether oxygens (including phenoxy) is 1. The van der Waals surface area contributed by atoms with Gasteiger partial charge in [0.05, 0.1) is 40.1 Å². The number of nitrogens with one attached hydrogen (secondary N) is 3. The van der Waals surface area contributed by atoms with Gasteiger partial charge >= 0.3 is 12.1 Å². The predicted molar refractivity (Wildman–Crippen MR) is 219 cm³/mol. The molecule has 5 rings (SSSR count). The van der Waals surface area contributed by atoms with Crippen LogP contribution >= 0.6 is 22.7 Å². The third kappa shape index (κ3) is 14.0. The van der Waals surface area contributed by atoms with Crippen LogP contribution in [0.2, 0.25) is 0 Å². The molecule has 3 atom stereocenters. The molecule has 3 aromatic heterocycles. The van der Waals surface area contributed by atoms with Crippen molar-refractivity contribution in [2.24, 2.45) is 5.92 Å². The Labute approximate surface area is 336 Å². The van der Waals surface area contributed by atoms with Crippen LogP contribution in [0.3, 0.4) is 0 Å². The standard InChI is InChI=1S/C42H49N7O5S2/c1-29(2)40-46-35(27-55-40)25-49(3)41(52)48-37(23-39(51)45-33-16-18-43-19-17-33)38(50)22-32(20-30-10-6-4-7-11-30)14-15-34(21-31-12-8-5-9-13-31)47-42(53)54-26-36-24-44-28-56-36/h4-13,16-19,24,27-29,32,34,37H,14-15,20-23,25-26H2,1-3H3,(H,47,53)(H,48,52)(H,43,45,51). The number of ketones is 1. The van der Waals surface area contributed by atoms with Crippen molar-refractivity contribution >= 4 is 52.2 Å². The van der Waals surface area contributed by atoms with E-state index in [4.69, 9.17) is 4.74 Å². The Balaban J connectivity index is 1.31. The summed E-state index contributed by atoms with van der Waals surface area (Å²) >= 11 is 2.96. The highest BCUT2D eigenvalue weighted by Crippen LogP contribution is 2.23. The molecule has 294 valence electrons. The van der Waals surface area contributed by atoms with Crippen LogP contribution in [0.5, 0.6) is 0 Å². The lowest BCUT2D eigenvalue weighted by atomic mass is 9.86. The van der Waals surface area contributed by atoms with E-state index >= 15 is 0 Å². The van der Waals surface area contributed by atoms with Gasteiger partial charge in [-0.2, -0.15) is 0 Å². The average Bonchev–Trinajstić information content (AvgIpc) is 3.90. The number of hydrogen-bond acceptors (Lipinski definition) is 10. The van der Waals surface area contributed by atoms with Crippen molar-refractivity contribution in [2.45, 2.75) is 83.5 Å². The zero-order valence-corrected chi connectivity index (χ0v) is 33.6. The molecule has 56 heavy (non-hydrogen) atoms. The molecule has 0 fully saturated rings. The van der Waals surface area contributed by atoms with Crippen molar-refractivity contribution in [3.63, 3.8) is 0 Å². The van der Waals surface area contributed by atoms with E-state index in [1.807, 2.05) is 66.0 Å². The van der Waals surface area contributed by atoms with E-state index in [1.165, 1.54) is 16.2 Å². The maximum atomic E-state index is 14.3. The number of aromatic nitrogens is 3. The van der Waals surface area contributed by atoms with E-state index in [9.17, 15) is 19.2 Å². The molecule has 0 bridgehead atoms. The van der Waals surface area contributed by atoms with Gasteiger partial charge in [-0.05, 0) is 54.9 Å². The van der Waals surface area contributed by atoms with E-state index in [1.54, 1.807) is 54.6 Å². The van der Waals surface area contributed by atoms with Gasteiger partial charge in [0.2, 0.25) is 5.91 Å². The van der Waals surface area contributed by atoms with Crippen LogP contribution in [0.4, 0.5) is 15.3 Å². The van der Waals surface area contributed by atoms with Gasteiger partial charge < -0.3 is 25.6 Å². The number of anilines is 1.